The molecule has 0 unspecified atom stereocenters. The highest BCUT2D eigenvalue weighted by Crippen LogP contribution is 2.18. The third-order valence-corrected chi connectivity index (χ3v) is 4.08. The van der Waals surface area contributed by atoms with Gasteiger partial charge in [-0.25, -0.2) is 0 Å². The summed E-state index contributed by atoms with van der Waals surface area (Å²) in [5.41, 5.74) is 2.27. The van der Waals surface area contributed by atoms with Gasteiger partial charge in [-0.05, 0) is 38.1 Å². The van der Waals surface area contributed by atoms with Gasteiger partial charge in [0.05, 0.1) is 11.1 Å². The largest absolute Gasteiger partial charge is 0.507 e. The van der Waals surface area contributed by atoms with E-state index in [9.17, 15) is 13.5 Å². The molecule has 0 aromatic heterocycles. The monoisotopic (exact) mass is 289 g/mol. The molecule has 0 aliphatic rings. The first kappa shape index (κ1) is 14.3. The molecule has 1 N–H and O–H groups in total. The van der Waals surface area contributed by atoms with Crippen LogP contribution in [0.3, 0.4) is 0 Å². The summed E-state index contributed by atoms with van der Waals surface area (Å²) < 4.78 is 27.7. The first-order valence-corrected chi connectivity index (χ1v) is 7.49. The van der Waals surface area contributed by atoms with Crippen LogP contribution in [0, 0.1) is 13.8 Å². The van der Waals surface area contributed by atoms with Crippen molar-refractivity contribution in [1.29, 1.82) is 0 Å². The number of hydrogen-bond donors (Lipinski definition) is 1. The predicted octanol–water partition coefficient (Wildman–Crippen LogP) is 2.82. The van der Waals surface area contributed by atoms with Crippen molar-refractivity contribution in [3.8, 4) is 5.75 Å². The van der Waals surface area contributed by atoms with Crippen molar-refractivity contribution in [3.05, 3.63) is 59.2 Å². The van der Waals surface area contributed by atoms with E-state index in [-0.39, 0.29) is 10.6 Å². The van der Waals surface area contributed by atoms with E-state index in [0.29, 0.717) is 5.56 Å². The van der Waals surface area contributed by atoms with Crippen LogP contribution in [0.1, 0.15) is 16.7 Å². The van der Waals surface area contributed by atoms with Crippen LogP contribution in [0.5, 0.6) is 5.75 Å². The number of benzene rings is 2. The highest BCUT2D eigenvalue weighted by Gasteiger charge is 2.11. The fraction of sp³-hybridized carbons (Fsp3) is 0.133. The van der Waals surface area contributed by atoms with Gasteiger partial charge in [-0.2, -0.15) is 12.8 Å². The molecule has 0 atom stereocenters. The molecule has 104 valence electrons. The number of rotatable bonds is 3. The fourth-order valence-electron chi connectivity index (χ4n) is 1.67. The summed E-state index contributed by atoms with van der Waals surface area (Å²) in [5.74, 6) is -0.00143. The maximum atomic E-state index is 12.0. The Morgan fingerprint density at radius 1 is 1.00 bits per heavy atom. The third-order valence-electron chi connectivity index (χ3n) is 2.83. The average molecular weight is 289 g/mol. The minimum atomic E-state index is -3.75. The van der Waals surface area contributed by atoms with Crippen LogP contribution in [0.25, 0.3) is 0 Å². The molecule has 0 saturated carbocycles. The molecule has 0 saturated heterocycles. The van der Waals surface area contributed by atoms with E-state index in [1.165, 1.54) is 18.2 Å². The Hall–Kier alpha value is -2.14. The van der Waals surface area contributed by atoms with E-state index >= 15 is 0 Å². The van der Waals surface area contributed by atoms with Crippen LogP contribution < -0.4 is 0 Å². The van der Waals surface area contributed by atoms with E-state index in [1.54, 1.807) is 24.3 Å². The fourth-order valence-corrected chi connectivity index (χ4v) is 2.53. The average Bonchev–Trinajstić information content (AvgIpc) is 2.40. The van der Waals surface area contributed by atoms with E-state index in [1.807, 2.05) is 13.8 Å². The zero-order chi connectivity index (χ0) is 14.8. The molecule has 20 heavy (non-hydrogen) atoms. The van der Waals surface area contributed by atoms with Crippen molar-refractivity contribution in [2.45, 2.75) is 18.7 Å². The van der Waals surface area contributed by atoms with Crippen molar-refractivity contribution in [2.75, 3.05) is 0 Å². The Bertz CT molecular complexity index is 747. The van der Waals surface area contributed by atoms with Crippen molar-refractivity contribution in [1.82, 2.24) is 0 Å². The molecule has 0 aliphatic heterocycles. The highest BCUT2D eigenvalue weighted by molar-refractivity contribution is 7.90. The van der Waals surface area contributed by atoms with Crippen molar-refractivity contribution in [2.24, 2.45) is 4.40 Å². The Morgan fingerprint density at radius 2 is 1.60 bits per heavy atom. The summed E-state index contributed by atoms with van der Waals surface area (Å²) >= 11 is 0. The summed E-state index contributed by atoms with van der Waals surface area (Å²) in [4.78, 5) is 0.131. The number of aromatic hydroxyl groups is 1. The first-order valence-electron chi connectivity index (χ1n) is 6.05. The number of phenolic OH excluding ortho intramolecular Hbond substituents is 1. The van der Waals surface area contributed by atoms with Gasteiger partial charge < -0.3 is 5.11 Å². The number of sulfonamides is 1. The van der Waals surface area contributed by atoms with Crippen LogP contribution in [0.2, 0.25) is 0 Å². The standard InChI is InChI=1S/C15H15NO3S/c1-11-3-6-14(7-4-11)20(18,19)16-10-13-9-12(2)5-8-15(13)17/h3-10,17H,1-2H3/b16-10+. The van der Waals surface area contributed by atoms with Gasteiger partial charge in [0, 0.05) is 5.56 Å². The maximum absolute atomic E-state index is 12.0. The molecule has 0 amide bonds. The zero-order valence-electron chi connectivity index (χ0n) is 11.2. The van der Waals surface area contributed by atoms with Gasteiger partial charge >= 0.3 is 0 Å². The van der Waals surface area contributed by atoms with Gasteiger partial charge in [-0.3, -0.25) is 0 Å². The molecule has 2 rings (SSSR count). The normalized spacial score (nSPS) is 11.9. The topological polar surface area (TPSA) is 66.7 Å². The number of aryl methyl sites for hydroxylation is 2. The molecule has 0 aliphatic carbocycles. The smallest absolute Gasteiger partial charge is 0.282 e. The van der Waals surface area contributed by atoms with Gasteiger partial charge in [-0.1, -0.05) is 29.3 Å². The number of nitrogens with zero attached hydrogens (tertiary/aromatic N) is 1. The van der Waals surface area contributed by atoms with Crippen LogP contribution >= 0.6 is 0 Å². The molecule has 2 aromatic carbocycles. The highest BCUT2D eigenvalue weighted by atomic mass is 32.2. The molecule has 0 spiro atoms. The van der Waals surface area contributed by atoms with Gasteiger partial charge in [-0.15, -0.1) is 0 Å². The van der Waals surface area contributed by atoms with Crippen molar-refractivity contribution >= 4 is 16.2 Å². The molecule has 2 aromatic rings. The Labute approximate surface area is 118 Å². The van der Waals surface area contributed by atoms with Gasteiger partial charge in [0.25, 0.3) is 10.0 Å². The van der Waals surface area contributed by atoms with Gasteiger partial charge in [0.1, 0.15) is 5.75 Å². The van der Waals surface area contributed by atoms with Gasteiger partial charge in [0.2, 0.25) is 0 Å². The third kappa shape index (κ3) is 3.24. The first-order chi connectivity index (χ1) is 9.38. The van der Waals surface area contributed by atoms with Crippen LogP contribution in [-0.4, -0.2) is 19.7 Å². The van der Waals surface area contributed by atoms with Gasteiger partial charge in [0.15, 0.2) is 0 Å². The predicted molar refractivity (Wildman–Crippen MR) is 78.8 cm³/mol. The van der Waals surface area contributed by atoms with Crippen molar-refractivity contribution in [3.63, 3.8) is 0 Å². The lowest BCUT2D eigenvalue weighted by molar-refractivity contribution is 0.474. The van der Waals surface area contributed by atoms with Crippen molar-refractivity contribution < 1.29 is 13.5 Å². The molecule has 5 heteroatoms. The van der Waals surface area contributed by atoms with E-state index in [2.05, 4.69) is 4.40 Å². The second-order valence-electron chi connectivity index (χ2n) is 4.58. The summed E-state index contributed by atoms with van der Waals surface area (Å²) in [6, 6.07) is 11.4. The number of phenols is 1. The Kier molecular flexibility index (Phi) is 3.90. The molecular formula is C15H15NO3S. The maximum Gasteiger partial charge on any atom is 0.282 e. The lowest BCUT2D eigenvalue weighted by Gasteiger charge is -2.01. The summed E-state index contributed by atoms with van der Waals surface area (Å²) in [5, 5.41) is 9.65. The summed E-state index contributed by atoms with van der Waals surface area (Å²) in [7, 11) is -3.75. The quantitative estimate of drug-likeness (QED) is 0.883. The lowest BCUT2D eigenvalue weighted by Crippen LogP contribution is -1.98. The van der Waals surface area contributed by atoms with Crippen LogP contribution in [0.4, 0.5) is 0 Å². The summed E-state index contributed by atoms with van der Waals surface area (Å²) in [6.07, 6.45) is 1.16. The number of hydrogen-bond acceptors (Lipinski definition) is 3. The Balaban J connectivity index is 2.34. The SMILES string of the molecule is Cc1ccc(S(=O)(=O)/N=C/c2cc(C)ccc2O)cc1. The summed E-state index contributed by atoms with van der Waals surface area (Å²) in [6.45, 7) is 3.73. The molecule has 0 heterocycles. The Morgan fingerprint density at radius 3 is 2.25 bits per heavy atom. The molecule has 4 nitrogen and oxygen atoms in total. The second-order valence-corrected chi connectivity index (χ2v) is 6.22. The lowest BCUT2D eigenvalue weighted by atomic mass is 10.1. The molecular weight excluding hydrogens is 274 g/mol. The molecule has 0 radical (unpaired) electrons. The molecule has 0 bridgehead atoms. The van der Waals surface area contributed by atoms with Crippen LogP contribution in [-0.2, 0) is 10.0 Å². The van der Waals surface area contributed by atoms with E-state index in [4.69, 9.17) is 0 Å². The van der Waals surface area contributed by atoms with Crippen LogP contribution in [0.15, 0.2) is 51.8 Å². The zero-order valence-corrected chi connectivity index (χ0v) is 12.1. The minimum absolute atomic E-state index is 0.00143. The second kappa shape index (κ2) is 5.46. The minimum Gasteiger partial charge on any atom is -0.507 e. The van der Waals surface area contributed by atoms with E-state index in [0.717, 1.165) is 17.3 Å². The van der Waals surface area contributed by atoms with E-state index < -0.39 is 10.0 Å². The molecule has 0 fully saturated rings.